The van der Waals surface area contributed by atoms with Crippen molar-refractivity contribution in [1.29, 1.82) is 0 Å². The lowest BCUT2D eigenvalue weighted by Gasteiger charge is -2.34. The van der Waals surface area contributed by atoms with Gasteiger partial charge in [-0.25, -0.2) is 0 Å². The minimum atomic E-state index is 0. The monoisotopic (exact) mass is 513 g/mol. The average molecular weight is 514 g/mol. The second-order valence-corrected chi connectivity index (χ2v) is 8.62. The molecule has 1 aromatic heterocycles. The molecule has 0 bridgehead atoms. The average Bonchev–Trinajstić information content (AvgIpc) is 3.28. The number of nitrogens with zero attached hydrogens (tertiary/aromatic N) is 2. The lowest BCUT2D eigenvalue weighted by atomic mass is 10.1. The topological polar surface area (TPSA) is 36.9 Å². The van der Waals surface area contributed by atoms with Crippen LogP contribution in [0.5, 0.6) is 0 Å². The molecule has 0 radical (unpaired) electrons. The van der Waals surface area contributed by atoms with Crippen LogP contribution in [0.1, 0.15) is 30.6 Å². The smallest absolute Gasteiger partial charge is 0.193 e. The third-order valence-electron chi connectivity index (χ3n) is 4.27. The summed E-state index contributed by atoms with van der Waals surface area (Å²) in [5, 5.41) is 3.47. The van der Waals surface area contributed by atoms with Gasteiger partial charge in [-0.2, -0.15) is 0 Å². The standard InChI is InChI=1S/C16H24BrN3OS.HI/c1-18-16(19-10-14-4-5-15(17)22-14)20-8-6-13(7-9-20)21-11-12-2-3-12;/h4-5,12-13H,2-3,6-11H2,1H3,(H,18,19);1H. The van der Waals surface area contributed by atoms with Crippen LogP contribution in [0.4, 0.5) is 0 Å². The first-order chi connectivity index (χ1) is 10.7. The summed E-state index contributed by atoms with van der Waals surface area (Å²) in [7, 11) is 1.86. The number of aliphatic imine (C=N–C) groups is 1. The summed E-state index contributed by atoms with van der Waals surface area (Å²) in [4.78, 5) is 8.09. The Labute approximate surface area is 168 Å². The van der Waals surface area contributed by atoms with Crippen molar-refractivity contribution in [3.8, 4) is 0 Å². The number of halogens is 2. The molecular formula is C16H25BrIN3OS. The second kappa shape index (κ2) is 9.58. The minimum Gasteiger partial charge on any atom is -0.378 e. The van der Waals surface area contributed by atoms with Crippen LogP contribution in [0.2, 0.25) is 0 Å². The zero-order valence-corrected chi connectivity index (χ0v) is 18.2. The van der Waals surface area contributed by atoms with Crippen molar-refractivity contribution in [1.82, 2.24) is 10.2 Å². The van der Waals surface area contributed by atoms with E-state index in [1.54, 1.807) is 11.3 Å². The van der Waals surface area contributed by atoms with E-state index >= 15 is 0 Å². The third-order valence-corrected chi connectivity index (χ3v) is 5.89. The fraction of sp³-hybridized carbons (Fsp3) is 0.688. The van der Waals surface area contributed by atoms with Gasteiger partial charge >= 0.3 is 0 Å². The zero-order chi connectivity index (χ0) is 15.4. The van der Waals surface area contributed by atoms with E-state index in [0.717, 1.165) is 51.0 Å². The van der Waals surface area contributed by atoms with Crippen molar-refractivity contribution >= 4 is 57.2 Å². The van der Waals surface area contributed by atoms with Crippen molar-refractivity contribution < 1.29 is 4.74 Å². The van der Waals surface area contributed by atoms with Gasteiger partial charge in [-0.3, -0.25) is 4.99 Å². The third kappa shape index (κ3) is 6.17. The predicted molar refractivity (Wildman–Crippen MR) is 111 cm³/mol. The van der Waals surface area contributed by atoms with E-state index in [1.807, 2.05) is 7.05 Å². The number of hydrogen-bond donors (Lipinski definition) is 1. The highest BCUT2D eigenvalue weighted by molar-refractivity contribution is 14.0. The summed E-state index contributed by atoms with van der Waals surface area (Å²) in [5.74, 6) is 1.86. The molecule has 2 aliphatic rings. The molecule has 3 rings (SSSR count). The Kier molecular flexibility index (Phi) is 8.11. The highest BCUT2D eigenvalue weighted by Crippen LogP contribution is 2.30. The SMILES string of the molecule is CN=C(NCc1ccc(Br)s1)N1CCC(OCC2CC2)CC1.I. The minimum absolute atomic E-state index is 0. The summed E-state index contributed by atoms with van der Waals surface area (Å²) >= 11 is 5.27. The van der Waals surface area contributed by atoms with E-state index in [0.29, 0.717) is 6.10 Å². The van der Waals surface area contributed by atoms with Gasteiger partial charge in [-0.1, -0.05) is 0 Å². The van der Waals surface area contributed by atoms with E-state index in [2.05, 4.69) is 43.3 Å². The maximum Gasteiger partial charge on any atom is 0.193 e. The molecule has 2 heterocycles. The number of likely N-dealkylation sites (tertiary alicyclic amines) is 1. The molecule has 1 aliphatic carbocycles. The maximum absolute atomic E-state index is 6.01. The molecule has 1 saturated carbocycles. The Morgan fingerprint density at radius 1 is 1.35 bits per heavy atom. The van der Waals surface area contributed by atoms with Crippen LogP contribution >= 0.6 is 51.2 Å². The van der Waals surface area contributed by atoms with Crippen LogP contribution < -0.4 is 5.32 Å². The molecular weight excluding hydrogens is 489 g/mol. The van der Waals surface area contributed by atoms with Crippen LogP contribution in [0.25, 0.3) is 0 Å². The summed E-state index contributed by atoms with van der Waals surface area (Å²) in [6.07, 6.45) is 5.40. The number of ether oxygens (including phenoxy) is 1. The lowest BCUT2D eigenvalue weighted by Crippen LogP contribution is -2.46. The van der Waals surface area contributed by atoms with Gasteiger partial charge in [0.1, 0.15) is 0 Å². The van der Waals surface area contributed by atoms with E-state index < -0.39 is 0 Å². The van der Waals surface area contributed by atoms with E-state index in [9.17, 15) is 0 Å². The highest BCUT2D eigenvalue weighted by atomic mass is 127. The van der Waals surface area contributed by atoms with Crippen LogP contribution in [-0.4, -0.2) is 43.7 Å². The molecule has 0 spiro atoms. The summed E-state index contributed by atoms with van der Waals surface area (Å²) in [5.41, 5.74) is 0. The molecule has 130 valence electrons. The van der Waals surface area contributed by atoms with Crippen LogP contribution in [0, 0.1) is 5.92 Å². The van der Waals surface area contributed by atoms with Gasteiger partial charge in [0.15, 0.2) is 5.96 Å². The Bertz CT molecular complexity index is 513. The lowest BCUT2D eigenvalue weighted by molar-refractivity contribution is 0.0131. The van der Waals surface area contributed by atoms with Crippen molar-refractivity contribution in [2.75, 3.05) is 26.7 Å². The van der Waals surface area contributed by atoms with Gasteiger partial charge in [-0.15, -0.1) is 35.3 Å². The van der Waals surface area contributed by atoms with Gasteiger partial charge in [0.25, 0.3) is 0 Å². The first-order valence-electron chi connectivity index (χ1n) is 8.06. The number of piperidine rings is 1. The maximum atomic E-state index is 6.01. The molecule has 1 aromatic rings. The van der Waals surface area contributed by atoms with Crippen LogP contribution in [0.3, 0.4) is 0 Å². The fourth-order valence-corrected chi connectivity index (χ4v) is 4.16. The van der Waals surface area contributed by atoms with E-state index in [-0.39, 0.29) is 24.0 Å². The zero-order valence-electron chi connectivity index (χ0n) is 13.5. The molecule has 7 heteroatoms. The quantitative estimate of drug-likeness (QED) is 0.366. The summed E-state index contributed by atoms with van der Waals surface area (Å²) in [6, 6.07) is 4.24. The Morgan fingerprint density at radius 3 is 2.65 bits per heavy atom. The molecule has 2 fully saturated rings. The van der Waals surface area contributed by atoms with Crippen molar-refractivity contribution in [3.05, 3.63) is 20.8 Å². The van der Waals surface area contributed by atoms with Gasteiger partial charge < -0.3 is 15.0 Å². The molecule has 1 saturated heterocycles. The van der Waals surface area contributed by atoms with Crippen molar-refractivity contribution in [2.45, 2.75) is 38.3 Å². The molecule has 0 atom stereocenters. The van der Waals surface area contributed by atoms with Gasteiger partial charge in [0.2, 0.25) is 0 Å². The Balaban J connectivity index is 0.00000192. The Morgan fingerprint density at radius 2 is 2.09 bits per heavy atom. The number of hydrogen-bond acceptors (Lipinski definition) is 3. The van der Waals surface area contributed by atoms with Gasteiger partial charge in [-0.05, 0) is 59.7 Å². The molecule has 1 aliphatic heterocycles. The normalized spacial score (nSPS) is 19.6. The molecule has 0 unspecified atom stereocenters. The summed E-state index contributed by atoms with van der Waals surface area (Å²) in [6.45, 7) is 3.87. The van der Waals surface area contributed by atoms with Crippen LogP contribution in [0.15, 0.2) is 20.9 Å². The number of thiophene rings is 1. The first-order valence-corrected chi connectivity index (χ1v) is 9.67. The molecule has 1 N–H and O–H groups in total. The van der Waals surface area contributed by atoms with Crippen molar-refractivity contribution in [3.63, 3.8) is 0 Å². The highest BCUT2D eigenvalue weighted by Gasteiger charge is 2.26. The number of guanidine groups is 1. The van der Waals surface area contributed by atoms with Crippen molar-refractivity contribution in [2.24, 2.45) is 10.9 Å². The van der Waals surface area contributed by atoms with E-state index in [1.165, 1.54) is 21.5 Å². The fourth-order valence-electron chi connectivity index (χ4n) is 2.74. The molecule has 0 amide bonds. The summed E-state index contributed by atoms with van der Waals surface area (Å²) < 4.78 is 7.18. The van der Waals surface area contributed by atoms with E-state index in [4.69, 9.17) is 4.74 Å². The number of nitrogens with one attached hydrogen (secondary N) is 1. The molecule has 0 aromatic carbocycles. The van der Waals surface area contributed by atoms with Gasteiger partial charge in [0.05, 0.1) is 16.4 Å². The number of rotatable bonds is 5. The predicted octanol–water partition coefficient (Wildman–Crippen LogP) is 4.10. The first kappa shape index (κ1) is 19.5. The van der Waals surface area contributed by atoms with Crippen LogP contribution in [-0.2, 0) is 11.3 Å². The molecule has 23 heavy (non-hydrogen) atoms. The Hall–Kier alpha value is 0.140. The molecule has 4 nitrogen and oxygen atoms in total. The largest absolute Gasteiger partial charge is 0.378 e. The van der Waals surface area contributed by atoms with Gasteiger partial charge in [0, 0.05) is 31.6 Å². The second-order valence-electron chi connectivity index (χ2n) is 6.07.